The van der Waals surface area contributed by atoms with Gasteiger partial charge in [0.05, 0.1) is 5.02 Å². The monoisotopic (exact) mass is 301 g/mol. The van der Waals surface area contributed by atoms with Gasteiger partial charge in [0, 0.05) is 21.6 Å². The summed E-state index contributed by atoms with van der Waals surface area (Å²) in [5.41, 5.74) is 2.43. The van der Waals surface area contributed by atoms with E-state index in [9.17, 15) is 0 Å². The Kier molecular flexibility index (Phi) is 4.88. The number of hydrogen-bond acceptors (Lipinski definition) is 0. The molecule has 0 aliphatic rings. The van der Waals surface area contributed by atoms with Crippen LogP contribution in [0.4, 0.5) is 0 Å². The van der Waals surface area contributed by atoms with Crippen molar-refractivity contribution < 1.29 is 0 Å². The Balaban J connectivity index is 0.000000606. The average Bonchev–Trinajstić information content (AvgIpc) is 2.65. The predicted molar refractivity (Wildman–Crippen MR) is 76.4 cm³/mol. The van der Waals surface area contributed by atoms with E-state index < -0.39 is 0 Å². The number of aromatic amines is 1. The van der Waals surface area contributed by atoms with Crippen LogP contribution in [0.15, 0.2) is 22.8 Å². The molecule has 2 aromatic rings. The molecule has 16 heavy (non-hydrogen) atoms. The number of rotatable bonds is 1. The zero-order valence-corrected chi connectivity index (χ0v) is 12.4. The van der Waals surface area contributed by atoms with E-state index in [1.54, 1.807) is 0 Å². The van der Waals surface area contributed by atoms with E-state index in [-0.39, 0.29) is 0 Å². The molecule has 1 heterocycles. The lowest BCUT2D eigenvalue weighted by Gasteiger charge is -2.03. The molecule has 1 N–H and O–H groups in total. The van der Waals surface area contributed by atoms with Gasteiger partial charge in [-0.05, 0) is 39.5 Å². The van der Waals surface area contributed by atoms with Crippen LogP contribution in [-0.2, 0) is 0 Å². The van der Waals surface area contributed by atoms with Gasteiger partial charge in [-0.2, -0.15) is 0 Å². The summed E-state index contributed by atoms with van der Waals surface area (Å²) in [5, 5.41) is 1.99. The first-order chi connectivity index (χ1) is 7.59. The van der Waals surface area contributed by atoms with Crippen LogP contribution in [0.25, 0.3) is 10.9 Å². The molecule has 88 valence electrons. The summed E-state index contributed by atoms with van der Waals surface area (Å²) in [6, 6.07) is 4.02. The molecule has 0 spiro atoms. The quantitative estimate of drug-likeness (QED) is 0.692. The van der Waals surface area contributed by atoms with Crippen molar-refractivity contribution in [3.05, 3.63) is 33.4 Å². The van der Waals surface area contributed by atoms with Gasteiger partial charge in [-0.1, -0.05) is 39.3 Å². The van der Waals surface area contributed by atoms with Crippen molar-refractivity contribution in [3.63, 3.8) is 0 Å². The molecule has 0 aliphatic carbocycles. The highest BCUT2D eigenvalue weighted by Crippen LogP contribution is 2.32. The Morgan fingerprint density at radius 2 is 1.88 bits per heavy atom. The Hall–Kier alpha value is -0.470. The summed E-state index contributed by atoms with van der Waals surface area (Å²) in [5.74, 6) is 0.525. The third-order valence-corrected chi connectivity index (χ3v) is 3.57. The predicted octanol–water partition coefficient (Wildman–Crippen LogP) is 5.73. The molecule has 0 bridgehead atoms. The molecule has 3 heteroatoms. The summed E-state index contributed by atoms with van der Waals surface area (Å²) in [4.78, 5) is 3.23. The minimum Gasteiger partial charge on any atom is -0.361 e. The summed E-state index contributed by atoms with van der Waals surface area (Å²) in [6.07, 6.45) is 2.05. The molecular weight excluding hydrogens is 286 g/mol. The zero-order valence-electron chi connectivity index (χ0n) is 10.1. The van der Waals surface area contributed by atoms with Gasteiger partial charge < -0.3 is 4.98 Å². The maximum atomic E-state index is 6.01. The second-order valence-electron chi connectivity index (χ2n) is 3.71. The van der Waals surface area contributed by atoms with Gasteiger partial charge in [-0.15, -0.1) is 0 Å². The van der Waals surface area contributed by atoms with E-state index in [1.807, 2.05) is 19.9 Å². The van der Waals surface area contributed by atoms with E-state index in [2.05, 4.69) is 47.0 Å². The van der Waals surface area contributed by atoms with Crippen LogP contribution in [-0.4, -0.2) is 4.98 Å². The van der Waals surface area contributed by atoms with Crippen LogP contribution in [0.5, 0.6) is 0 Å². The van der Waals surface area contributed by atoms with Crippen LogP contribution in [0.1, 0.15) is 39.2 Å². The van der Waals surface area contributed by atoms with Crippen LogP contribution in [0.2, 0.25) is 5.02 Å². The van der Waals surface area contributed by atoms with Crippen LogP contribution in [0, 0.1) is 0 Å². The maximum Gasteiger partial charge on any atom is 0.0569 e. The smallest absolute Gasteiger partial charge is 0.0569 e. The van der Waals surface area contributed by atoms with E-state index in [1.165, 1.54) is 10.9 Å². The minimum absolute atomic E-state index is 0.525. The SMILES string of the molecule is CC.CC(C)c1c[nH]c2cc(Cl)c(Br)cc12. The van der Waals surface area contributed by atoms with Crippen molar-refractivity contribution in [1.82, 2.24) is 4.98 Å². The number of hydrogen-bond donors (Lipinski definition) is 1. The fraction of sp³-hybridized carbons (Fsp3) is 0.385. The van der Waals surface area contributed by atoms with E-state index in [0.29, 0.717) is 5.92 Å². The Morgan fingerprint density at radius 3 is 2.44 bits per heavy atom. The third kappa shape index (κ3) is 2.61. The van der Waals surface area contributed by atoms with Crippen LogP contribution < -0.4 is 0 Å². The molecule has 0 radical (unpaired) electrons. The number of aromatic nitrogens is 1. The molecule has 0 unspecified atom stereocenters. The molecule has 0 saturated heterocycles. The van der Waals surface area contributed by atoms with Crippen molar-refractivity contribution in [3.8, 4) is 0 Å². The molecule has 1 aromatic carbocycles. The van der Waals surface area contributed by atoms with Crippen molar-refractivity contribution in [1.29, 1.82) is 0 Å². The van der Waals surface area contributed by atoms with Gasteiger partial charge in [-0.25, -0.2) is 0 Å². The van der Waals surface area contributed by atoms with Crippen LogP contribution >= 0.6 is 27.5 Å². The van der Waals surface area contributed by atoms with Gasteiger partial charge in [-0.3, -0.25) is 0 Å². The molecule has 0 saturated carbocycles. The van der Waals surface area contributed by atoms with Crippen molar-refractivity contribution >= 4 is 38.4 Å². The second kappa shape index (κ2) is 5.74. The van der Waals surface area contributed by atoms with Crippen molar-refractivity contribution in [2.45, 2.75) is 33.6 Å². The first kappa shape index (κ1) is 13.6. The largest absolute Gasteiger partial charge is 0.361 e. The van der Waals surface area contributed by atoms with Gasteiger partial charge in [0.1, 0.15) is 0 Å². The molecule has 2 rings (SSSR count). The number of fused-ring (bicyclic) bond motifs is 1. The first-order valence-corrected chi connectivity index (χ1v) is 6.72. The summed E-state index contributed by atoms with van der Waals surface area (Å²) < 4.78 is 0.952. The van der Waals surface area contributed by atoms with Crippen LogP contribution in [0.3, 0.4) is 0 Å². The number of halogens is 2. The molecular formula is C13H17BrClN. The standard InChI is InChI=1S/C11H11BrClN.C2H6/c1-6(2)8-5-14-11-4-10(13)9(12)3-7(8)11;1-2/h3-6,14H,1-2H3;1-2H3. The summed E-state index contributed by atoms with van der Waals surface area (Å²) in [6.45, 7) is 8.37. The maximum absolute atomic E-state index is 6.01. The normalized spacial score (nSPS) is 10.4. The second-order valence-corrected chi connectivity index (χ2v) is 4.97. The average molecular weight is 303 g/mol. The Morgan fingerprint density at radius 1 is 1.25 bits per heavy atom. The fourth-order valence-electron chi connectivity index (χ4n) is 1.62. The number of nitrogens with one attached hydrogen (secondary N) is 1. The van der Waals surface area contributed by atoms with Crippen molar-refractivity contribution in [2.24, 2.45) is 0 Å². The molecule has 0 aliphatic heterocycles. The van der Waals surface area contributed by atoms with E-state index in [0.717, 1.165) is 15.0 Å². The van der Waals surface area contributed by atoms with Crippen molar-refractivity contribution in [2.75, 3.05) is 0 Å². The lowest BCUT2D eigenvalue weighted by Crippen LogP contribution is -1.83. The van der Waals surface area contributed by atoms with E-state index in [4.69, 9.17) is 11.6 Å². The number of H-pyrrole nitrogens is 1. The highest BCUT2D eigenvalue weighted by molar-refractivity contribution is 9.10. The molecule has 0 fully saturated rings. The Bertz CT molecular complexity index is 474. The van der Waals surface area contributed by atoms with E-state index >= 15 is 0 Å². The van der Waals surface area contributed by atoms with Gasteiger partial charge >= 0.3 is 0 Å². The van der Waals surface area contributed by atoms with Gasteiger partial charge in [0.25, 0.3) is 0 Å². The molecule has 1 aromatic heterocycles. The summed E-state index contributed by atoms with van der Waals surface area (Å²) in [7, 11) is 0. The lowest BCUT2D eigenvalue weighted by molar-refractivity contribution is 0.875. The Labute approximate surface area is 110 Å². The lowest BCUT2D eigenvalue weighted by atomic mass is 10.0. The molecule has 0 amide bonds. The number of benzene rings is 1. The zero-order chi connectivity index (χ0) is 12.3. The fourth-order valence-corrected chi connectivity index (χ4v) is 2.12. The molecule has 0 atom stereocenters. The molecule has 1 nitrogen and oxygen atoms in total. The highest BCUT2D eigenvalue weighted by atomic mass is 79.9. The third-order valence-electron chi connectivity index (χ3n) is 2.38. The topological polar surface area (TPSA) is 15.8 Å². The van der Waals surface area contributed by atoms with Gasteiger partial charge in [0.15, 0.2) is 0 Å². The highest BCUT2D eigenvalue weighted by Gasteiger charge is 2.09. The van der Waals surface area contributed by atoms with Gasteiger partial charge in [0.2, 0.25) is 0 Å². The first-order valence-electron chi connectivity index (χ1n) is 5.55. The minimum atomic E-state index is 0.525. The summed E-state index contributed by atoms with van der Waals surface area (Å²) >= 11 is 9.45.